The minimum atomic E-state index is -3.97. The second kappa shape index (κ2) is 8.21. The highest BCUT2D eigenvalue weighted by Crippen LogP contribution is 2.19. The van der Waals surface area contributed by atoms with Crippen molar-refractivity contribution in [1.82, 2.24) is 19.9 Å². The third-order valence-corrected chi connectivity index (χ3v) is 5.30. The van der Waals surface area contributed by atoms with Crippen LogP contribution in [0.5, 0.6) is 0 Å². The molecule has 4 N–H and O–H groups in total. The Hall–Kier alpha value is -3.92. The SMILES string of the molecule is O=C(CS(=O)(=O)Nc1ncc(-c2ccccc2)[nH]1)Nc1ncc(-c2ccccc2)[nH]1. The van der Waals surface area contributed by atoms with Gasteiger partial charge in [0.1, 0.15) is 5.75 Å². The van der Waals surface area contributed by atoms with Crippen molar-refractivity contribution in [3.8, 4) is 22.5 Å². The molecule has 2 aromatic carbocycles. The number of hydrogen-bond donors (Lipinski definition) is 4. The van der Waals surface area contributed by atoms with Crippen LogP contribution in [0.3, 0.4) is 0 Å². The quantitative estimate of drug-likeness (QED) is 0.363. The Bertz CT molecular complexity index is 1250. The average Bonchev–Trinajstić information content (AvgIpc) is 3.38. The maximum Gasteiger partial charge on any atom is 0.244 e. The first-order valence-corrected chi connectivity index (χ1v) is 10.6. The van der Waals surface area contributed by atoms with E-state index in [0.29, 0.717) is 11.4 Å². The van der Waals surface area contributed by atoms with E-state index in [0.717, 1.165) is 11.1 Å². The first kappa shape index (κ1) is 19.4. The van der Waals surface area contributed by atoms with Crippen molar-refractivity contribution in [3.05, 3.63) is 73.1 Å². The van der Waals surface area contributed by atoms with Crippen molar-refractivity contribution in [2.24, 2.45) is 0 Å². The molecule has 9 nitrogen and oxygen atoms in total. The molecule has 2 heterocycles. The number of carbonyl (C=O) groups is 1. The second-order valence-electron chi connectivity index (χ2n) is 6.43. The number of rotatable bonds is 7. The van der Waals surface area contributed by atoms with Gasteiger partial charge in [0.2, 0.25) is 27.8 Å². The van der Waals surface area contributed by atoms with Crippen LogP contribution in [0, 0.1) is 0 Å². The van der Waals surface area contributed by atoms with Gasteiger partial charge in [-0.3, -0.25) is 14.8 Å². The molecule has 0 unspecified atom stereocenters. The standard InChI is InChI=1S/C20H18N6O3S/c27-18(25-19-21-11-16(23-19)14-7-3-1-4-8-14)13-30(28,29)26-20-22-12-17(24-20)15-9-5-2-6-10-15/h1-12H,13H2,(H2,22,24,26)(H2,21,23,25,27). The van der Waals surface area contributed by atoms with Crippen molar-refractivity contribution in [2.75, 3.05) is 15.8 Å². The van der Waals surface area contributed by atoms with Gasteiger partial charge < -0.3 is 9.97 Å². The number of sulfonamides is 1. The molecule has 4 aromatic rings. The van der Waals surface area contributed by atoms with Crippen LogP contribution in [-0.4, -0.2) is 40.0 Å². The predicted octanol–water partition coefficient (Wildman–Crippen LogP) is 2.85. The summed E-state index contributed by atoms with van der Waals surface area (Å²) in [6.45, 7) is 0. The van der Waals surface area contributed by atoms with Gasteiger partial charge >= 0.3 is 0 Å². The van der Waals surface area contributed by atoms with E-state index in [-0.39, 0.29) is 11.9 Å². The Morgan fingerprint density at radius 3 is 1.87 bits per heavy atom. The largest absolute Gasteiger partial charge is 0.324 e. The number of hydrogen-bond acceptors (Lipinski definition) is 5. The molecule has 0 bridgehead atoms. The van der Waals surface area contributed by atoms with Gasteiger partial charge in [0.05, 0.1) is 23.8 Å². The zero-order valence-electron chi connectivity index (χ0n) is 15.7. The zero-order chi connectivity index (χ0) is 21.0. The molecule has 4 rings (SSSR count). The molecular formula is C20H18N6O3S. The van der Waals surface area contributed by atoms with Crippen molar-refractivity contribution in [3.63, 3.8) is 0 Å². The normalized spacial score (nSPS) is 11.2. The smallest absolute Gasteiger partial charge is 0.244 e. The molecule has 0 saturated heterocycles. The van der Waals surface area contributed by atoms with E-state index < -0.39 is 21.7 Å². The van der Waals surface area contributed by atoms with Gasteiger partial charge in [0, 0.05) is 0 Å². The van der Waals surface area contributed by atoms with Gasteiger partial charge in [-0.15, -0.1) is 0 Å². The van der Waals surface area contributed by atoms with Crippen LogP contribution in [0.4, 0.5) is 11.9 Å². The molecular weight excluding hydrogens is 404 g/mol. The first-order valence-electron chi connectivity index (χ1n) is 9.00. The number of carbonyl (C=O) groups excluding carboxylic acids is 1. The topological polar surface area (TPSA) is 133 Å². The van der Waals surface area contributed by atoms with Gasteiger partial charge in [0.15, 0.2) is 0 Å². The highest BCUT2D eigenvalue weighted by atomic mass is 32.2. The highest BCUT2D eigenvalue weighted by Gasteiger charge is 2.19. The zero-order valence-corrected chi connectivity index (χ0v) is 16.5. The predicted molar refractivity (Wildman–Crippen MR) is 114 cm³/mol. The molecule has 0 saturated carbocycles. The van der Waals surface area contributed by atoms with Crippen LogP contribution >= 0.6 is 0 Å². The van der Waals surface area contributed by atoms with E-state index in [1.54, 1.807) is 6.20 Å². The summed E-state index contributed by atoms with van der Waals surface area (Å²) in [4.78, 5) is 26.1. The van der Waals surface area contributed by atoms with Gasteiger partial charge in [-0.2, -0.15) is 0 Å². The van der Waals surface area contributed by atoms with E-state index in [1.807, 2.05) is 60.7 Å². The van der Waals surface area contributed by atoms with Crippen LogP contribution in [-0.2, 0) is 14.8 Å². The minimum Gasteiger partial charge on any atom is -0.324 e. The van der Waals surface area contributed by atoms with E-state index in [4.69, 9.17) is 0 Å². The van der Waals surface area contributed by atoms with Gasteiger partial charge in [-0.1, -0.05) is 60.7 Å². The number of aromatic nitrogens is 4. The molecule has 2 aromatic heterocycles. The molecule has 30 heavy (non-hydrogen) atoms. The van der Waals surface area contributed by atoms with Crippen LogP contribution in [0.2, 0.25) is 0 Å². The Morgan fingerprint density at radius 2 is 1.30 bits per heavy atom. The molecule has 0 fully saturated rings. The monoisotopic (exact) mass is 422 g/mol. The Morgan fingerprint density at radius 1 is 0.800 bits per heavy atom. The Kier molecular flexibility index (Phi) is 5.31. The number of amides is 1. The number of benzene rings is 2. The fraction of sp³-hybridized carbons (Fsp3) is 0.0500. The third-order valence-electron chi connectivity index (χ3n) is 4.15. The molecule has 0 aliphatic rings. The van der Waals surface area contributed by atoms with Crippen LogP contribution in [0.15, 0.2) is 73.1 Å². The van der Waals surface area contributed by atoms with Gasteiger partial charge in [0.25, 0.3) is 0 Å². The fourth-order valence-corrected chi connectivity index (χ4v) is 3.70. The van der Waals surface area contributed by atoms with Crippen LogP contribution < -0.4 is 10.0 Å². The number of anilines is 2. The number of imidazole rings is 2. The summed E-state index contributed by atoms with van der Waals surface area (Å²) in [6.07, 6.45) is 3.08. The van der Waals surface area contributed by atoms with E-state index in [1.165, 1.54) is 6.20 Å². The fourth-order valence-electron chi connectivity index (χ4n) is 2.81. The average molecular weight is 422 g/mol. The van der Waals surface area contributed by atoms with Crippen molar-refractivity contribution in [1.29, 1.82) is 0 Å². The van der Waals surface area contributed by atoms with Crippen LogP contribution in [0.25, 0.3) is 22.5 Å². The number of nitrogens with zero attached hydrogens (tertiary/aromatic N) is 2. The molecule has 0 spiro atoms. The summed E-state index contributed by atoms with van der Waals surface area (Å²) in [5.74, 6) is -1.31. The lowest BCUT2D eigenvalue weighted by Crippen LogP contribution is -2.28. The molecule has 0 atom stereocenters. The summed E-state index contributed by atoms with van der Waals surface area (Å²) in [5.41, 5.74) is 3.12. The summed E-state index contributed by atoms with van der Waals surface area (Å²) in [7, 11) is -3.97. The minimum absolute atomic E-state index is 0.0333. The van der Waals surface area contributed by atoms with Crippen molar-refractivity contribution in [2.45, 2.75) is 0 Å². The summed E-state index contributed by atoms with van der Waals surface area (Å²) in [5, 5.41) is 2.45. The van der Waals surface area contributed by atoms with Gasteiger partial charge in [-0.05, 0) is 11.1 Å². The van der Waals surface area contributed by atoms with E-state index in [2.05, 4.69) is 30.0 Å². The Labute approximate surface area is 172 Å². The van der Waals surface area contributed by atoms with Crippen molar-refractivity contribution < 1.29 is 13.2 Å². The van der Waals surface area contributed by atoms with E-state index >= 15 is 0 Å². The second-order valence-corrected chi connectivity index (χ2v) is 8.15. The highest BCUT2D eigenvalue weighted by molar-refractivity contribution is 7.93. The van der Waals surface area contributed by atoms with E-state index in [9.17, 15) is 13.2 Å². The molecule has 0 aliphatic heterocycles. The number of aromatic amines is 2. The lowest BCUT2D eigenvalue weighted by molar-refractivity contribution is -0.113. The molecule has 0 aliphatic carbocycles. The lowest BCUT2D eigenvalue weighted by atomic mass is 10.2. The van der Waals surface area contributed by atoms with Crippen molar-refractivity contribution >= 4 is 27.8 Å². The summed E-state index contributed by atoms with van der Waals surface area (Å²) >= 11 is 0. The maximum absolute atomic E-state index is 12.3. The first-order chi connectivity index (χ1) is 14.5. The number of nitrogens with one attached hydrogen (secondary N) is 4. The summed E-state index contributed by atoms with van der Waals surface area (Å²) in [6, 6.07) is 18.8. The maximum atomic E-state index is 12.3. The number of H-pyrrole nitrogens is 2. The summed E-state index contributed by atoms with van der Waals surface area (Å²) < 4.78 is 26.9. The molecule has 152 valence electrons. The molecule has 10 heteroatoms. The molecule has 1 amide bonds. The third kappa shape index (κ3) is 4.73. The van der Waals surface area contributed by atoms with Crippen LogP contribution in [0.1, 0.15) is 0 Å². The Balaban J connectivity index is 1.37. The lowest BCUT2D eigenvalue weighted by Gasteiger charge is -2.05. The van der Waals surface area contributed by atoms with Gasteiger partial charge in [-0.25, -0.2) is 18.4 Å². The molecule has 0 radical (unpaired) electrons.